The minimum atomic E-state index is 0.680. The van der Waals surface area contributed by atoms with Crippen LogP contribution in [-0.4, -0.2) is 30.6 Å². The average Bonchev–Trinajstić information content (AvgIpc) is 2.34. The molecule has 0 heterocycles. The predicted octanol–water partition coefficient (Wildman–Crippen LogP) is 3.53. The summed E-state index contributed by atoms with van der Waals surface area (Å²) < 4.78 is 0. The van der Waals surface area contributed by atoms with Crippen molar-refractivity contribution in [2.24, 2.45) is 0 Å². The first kappa shape index (κ1) is 14.0. The van der Waals surface area contributed by atoms with Crippen molar-refractivity contribution in [1.82, 2.24) is 4.90 Å². The number of hydrogen-bond donors (Lipinski definition) is 1. The first-order valence-electron chi connectivity index (χ1n) is 6.72. The van der Waals surface area contributed by atoms with E-state index in [0.717, 1.165) is 19.6 Å². The summed E-state index contributed by atoms with van der Waals surface area (Å²) in [6.45, 7) is 12.2. The summed E-state index contributed by atoms with van der Waals surface area (Å²) in [7, 11) is 0. The van der Waals surface area contributed by atoms with Crippen molar-refractivity contribution >= 4 is 5.69 Å². The van der Waals surface area contributed by atoms with Crippen LogP contribution in [0.15, 0.2) is 24.3 Å². The Balaban J connectivity index is 2.36. The van der Waals surface area contributed by atoms with E-state index in [1.807, 2.05) is 0 Å². The van der Waals surface area contributed by atoms with Gasteiger partial charge in [0.05, 0.1) is 0 Å². The molecule has 0 bridgehead atoms. The Morgan fingerprint density at radius 3 is 2.65 bits per heavy atom. The smallest absolute Gasteiger partial charge is 0.0343 e. The van der Waals surface area contributed by atoms with Crippen LogP contribution in [0.4, 0.5) is 5.69 Å². The van der Waals surface area contributed by atoms with Gasteiger partial charge < -0.3 is 5.32 Å². The van der Waals surface area contributed by atoms with E-state index in [2.05, 4.69) is 62.2 Å². The van der Waals surface area contributed by atoms with Crippen molar-refractivity contribution < 1.29 is 0 Å². The summed E-state index contributed by atoms with van der Waals surface area (Å²) in [6.07, 6.45) is 1.22. The average molecular weight is 234 g/mol. The van der Waals surface area contributed by atoms with Gasteiger partial charge in [0.2, 0.25) is 0 Å². The molecule has 0 radical (unpaired) electrons. The van der Waals surface area contributed by atoms with Crippen LogP contribution in [0.2, 0.25) is 0 Å². The molecule has 1 unspecified atom stereocenters. The molecule has 0 saturated heterocycles. The van der Waals surface area contributed by atoms with E-state index in [1.165, 1.54) is 17.7 Å². The highest BCUT2D eigenvalue weighted by molar-refractivity contribution is 5.45. The summed E-state index contributed by atoms with van der Waals surface area (Å²) in [5, 5.41) is 3.49. The molecule has 17 heavy (non-hydrogen) atoms. The van der Waals surface area contributed by atoms with Gasteiger partial charge in [0.15, 0.2) is 0 Å². The topological polar surface area (TPSA) is 15.3 Å². The second kappa shape index (κ2) is 7.33. The molecule has 0 spiro atoms. The molecule has 0 saturated carbocycles. The van der Waals surface area contributed by atoms with E-state index in [0.29, 0.717) is 6.04 Å². The molecule has 96 valence electrons. The van der Waals surface area contributed by atoms with Gasteiger partial charge in [0.1, 0.15) is 0 Å². The van der Waals surface area contributed by atoms with Crippen LogP contribution < -0.4 is 5.32 Å². The standard InChI is InChI=1S/C15H26N2/c1-5-14(4)17(6-2)11-10-16-15-9-7-8-13(3)12-15/h7-9,12,14,16H,5-6,10-11H2,1-4H3. The third kappa shape index (κ3) is 4.78. The maximum atomic E-state index is 3.49. The Kier molecular flexibility index (Phi) is 6.06. The molecule has 1 rings (SSSR count). The van der Waals surface area contributed by atoms with Crippen molar-refractivity contribution in [2.75, 3.05) is 25.0 Å². The van der Waals surface area contributed by atoms with E-state index in [9.17, 15) is 0 Å². The number of rotatable bonds is 7. The first-order valence-corrected chi connectivity index (χ1v) is 6.72. The molecule has 0 aliphatic rings. The van der Waals surface area contributed by atoms with Crippen molar-refractivity contribution in [3.8, 4) is 0 Å². The van der Waals surface area contributed by atoms with Crippen LogP contribution in [0.25, 0.3) is 0 Å². The summed E-state index contributed by atoms with van der Waals surface area (Å²) in [4.78, 5) is 2.52. The lowest BCUT2D eigenvalue weighted by molar-refractivity contribution is 0.223. The monoisotopic (exact) mass is 234 g/mol. The molecular formula is C15H26N2. The quantitative estimate of drug-likeness (QED) is 0.776. The molecule has 0 amide bonds. The summed E-state index contributed by atoms with van der Waals surface area (Å²) in [6, 6.07) is 9.23. The summed E-state index contributed by atoms with van der Waals surface area (Å²) in [5.74, 6) is 0. The highest BCUT2D eigenvalue weighted by atomic mass is 15.2. The minimum Gasteiger partial charge on any atom is -0.384 e. The molecule has 2 heteroatoms. The van der Waals surface area contributed by atoms with Gasteiger partial charge in [0, 0.05) is 24.8 Å². The lowest BCUT2D eigenvalue weighted by Gasteiger charge is -2.27. The van der Waals surface area contributed by atoms with E-state index >= 15 is 0 Å². The van der Waals surface area contributed by atoms with Gasteiger partial charge in [-0.2, -0.15) is 0 Å². The van der Waals surface area contributed by atoms with Crippen LogP contribution in [0.3, 0.4) is 0 Å². The fraction of sp³-hybridized carbons (Fsp3) is 0.600. The predicted molar refractivity (Wildman–Crippen MR) is 76.7 cm³/mol. The zero-order chi connectivity index (χ0) is 12.7. The van der Waals surface area contributed by atoms with Crippen molar-refractivity contribution in [3.63, 3.8) is 0 Å². The molecule has 1 N–H and O–H groups in total. The second-order valence-electron chi connectivity index (χ2n) is 4.68. The van der Waals surface area contributed by atoms with Gasteiger partial charge in [-0.15, -0.1) is 0 Å². The van der Waals surface area contributed by atoms with Crippen molar-refractivity contribution in [3.05, 3.63) is 29.8 Å². The summed E-state index contributed by atoms with van der Waals surface area (Å²) >= 11 is 0. The molecular weight excluding hydrogens is 208 g/mol. The van der Waals surface area contributed by atoms with Gasteiger partial charge in [-0.3, -0.25) is 4.90 Å². The first-order chi connectivity index (χ1) is 8.17. The second-order valence-corrected chi connectivity index (χ2v) is 4.68. The number of aryl methyl sites for hydroxylation is 1. The van der Waals surface area contributed by atoms with Crippen LogP contribution in [-0.2, 0) is 0 Å². The fourth-order valence-corrected chi connectivity index (χ4v) is 2.05. The maximum absolute atomic E-state index is 3.49. The van der Waals surface area contributed by atoms with Gasteiger partial charge in [-0.05, 0) is 44.5 Å². The Labute approximate surface area is 106 Å². The third-order valence-electron chi connectivity index (χ3n) is 3.37. The lowest BCUT2D eigenvalue weighted by atomic mass is 10.2. The highest BCUT2D eigenvalue weighted by Gasteiger charge is 2.08. The van der Waals surface area contributed by atoms with E-state index < -0.39 is 0 Å². The SMILES string of the molecule is CCC(C)N(CC)CCNc1cccc(C)c1. The van der Waals surface area contributed by atoms with Crippen LogP contribution in [0.5, 0.6) is 0 Å². The van der Waals surface area contributed by atoms with Gasteiger partial charge in [-0.1, -0.05) is 26.0 Å². The number of likely N-dealkylation sites (N-methyl/N-ethyl adjacent to an activating group) is 1. The number of nitrogens with zero attached hydrogens (tertiary/aromatic N) is 1. The molecule has 1 atom stereocenters. The zero-order valence-corrected chi connectivity index (χ0v) is 11.7. The van der Waals surface area contributed by atoms with Crippen LogP contribution in [0.1, 0.15) is 32.8 Å². The molecule has 1 aromatic rings. The highest BCUT2D eigenvalue weighted by Crippen LogP contribution is 2.09. The number of anilines is 1. The van der Waals surface area contributed by atoms with E-state index in [4.69, 9.17) is 0 Å². The molecule has 0 aliphatic carbocycles. The fourth-order valence-electron chi connectivity index (χ4n) is 2.05. The number of nitrogens with one attached hydrogen (secondary N) is 1. The van der Waals surface area contributed by atoms with Gasteiger partial charge in [0.25, 0.3) is 0 Å². The number of benzene rings is 1. The number of hydrogen-bond acceptors (Lipinski definition) is 2. The molecule has 2 nitrogen and oxygen atoms in total. The van der Waals surface area contributed by atoms with E-state index in [1.54, 1.807) is 0 Å². The van der Waals surface area contributed by atoms with Crippen molar-refractivity contribution in [2.45, 2.75) is 40.2 Å². The molecule has 0 aromatic heterocycles. The third-order valence-corrected chi connectivity index (χ3v) is 3.37. The zero-order valence-electron chi connectivity index (χ0n) is 11.7. The normalized spacial score (nSPS) is 12.8. The van der Waals surface area contributed by atoms with Crippen LogP contribution >= 0.6 is 0 Å². The Morgan fingerprint density at radius 1 is 1.29 bits per heavy atom. The lowest BCUT2D eigenvalue weighted by Crippen LogP contribution is -2.36. The van der Waals surface area contributed by atoms with Crippen molar-refractivity contribution in [1.29, 1.82) is 0 Å². The van der Waals surface area contributed by atoms with Crippen LogP contribution in [0, 0.1) is 6.92 Å². The maximum Gasteiger partial charge on any atom is 0.0343 e. The van der Waals surface area contributed by atoms with Gasteiger partial charge in [-0.25, -0.2) is 0 Å². The minimum absolute atomic E-state index is 0.680. The Hall–Kier alpha value is -1.02. The largest absolute Gasteiger partial charge is 0.384 e. The Bertz CT molecular complexity index is 322. The van der Waals surface area contributed by atoms with Gasteiger partial charge >= 0.3 is 0 Å². The molecule has 0 fully saturated rings. The summed E-state index contributed by atoms with van der Waals surface area (Å²) in [5.41, 5.74) is 2.54. The molecule has 1 aromatic carbocycles. The molecule has 0 aliphatic heterocycles. The van der Waals surface area contributed by atoms with E-state index in [-0.39, 0.29) is 0 Å². The Morgan fingerprint density at radius 2 is 2.06 bits per heavy atom.